The van der Waals surface area contributed by atoms with Gasteiger partial charge in [-0.3, -0.25) is 0 Å². The van der Waals surface area contributed by atoms with Crippen molar-refractivity contribution in [2.24, 2.45) is 11.8 Å². The van der Waals surface area contributed by atoms with Crippen LogP contribution in [0.4, 0.5) is 5.95 Å². The molecule has 0 bridgehead atoms. The molecule has 1 aliphatic carbocycles. The topological polar surface area (TPSA) is 29.9 Å². The zero-order chi connectivity index (χ0) is 13.7. The Morgan fingerprint density at radius 2 is 2.05 bits per heavy atom. The number of aryl methyl sites for hydroxylation is 2. The van der Waals surface area contributed by atoms with Gasteiger partial charge in [-0.25, -0.2) is 4.98 Å². The first-order chi connectivity index (χ1) is 9.19. The van der Waals surface area contributed by atoms with E-state index in [1.807, 2.05) is 0 Å². The maximum Gasteiger partial charge on any atom is 0.203 e. The Balaban J connectivity index is 1.76. The number of nitrogens with one attached hydrogen (secondary N) is 1. The Hall–Kier alpha value is -0.990. The fraction of sp³-hybridized carbons (Fsp3) is 0.812. The van der Waals surface area contributed by atoms with Gasteiger partial charge in [0.2, 0.25) is 5.95 Å². The second-order valence-electron chi connectivity index (χ2n) is 6.24. The third kappa shape index (κ3) is 4.26. The smallest absolute Gasteiger partial charge is 0.203 e. The van der Waals surface area contributed by atoms with E-state index in [4.69, 9.17) is 0 Å². The molecule has 3 nitrogen and oxygen atoms in total. The molecule has 1 saturated carbocycles. The molecule has 2 rings (SSSR count). The van der Waals surface area contributed by atoms with Crippen LogP contribution in [0.25, 0.3) is 0 Å². The molecular formula is C16H29N3. The molecule has 1 N–H and O–H groups in total. The molecule has 1 aromatic rings. The average molecular weight is 263 g/mol. The Bertz CT molecular complexity index is 375. The van der Waals surface area contributed by atoms with Gasteiger partial charge in [0.1, 0.15) is 0 Å². The van der Waals surface area contributed by atoms with Gasteiger partial charge >= 0.3 is 0 Å². The molecule has 0 saturated heterocycles. The molecule has 1 fully saturated rings. The monoisotopic (exact) mass is 263 g/mol. The minimum atomic E-state index is 0.930. The summed E-state index contributed by atoms with van der Waals surface area (Å²) in [6.07, 6.45) is 10.3. The second-order valence-corrected chi connectivity index (χ2v) is 6.24. The average Bonchev–Trinajstić information content (AvgIpc) is 2.73. The van der Waals surface area contributed by atoms with Gasteiger partial charge in [0.05, 0.1) is 5.69 Å². The summed E-state index contributed by atoms with van der Waals surface area (Å²) in [5.74, 6) is 2.94. The van der Waals surface area contributed by atoms with Gasteiger partial charge < -0.3 is 9.88 Å². The molecule has 0 unspecified atom stereocenters. The van der Waals surface area contributed by atoms with E-state index in [0.717, 1.165) is 43.0 Å². The first-order valence-electron chi connectivity index (χ1n) is 7.96. The number of imidazole rings is 1. The van der Waals surface area contributed by atoms with Gasteiger partial charge in [0.25, 0.3) is 0 Å². The molecule has 0 radical (unpaired) electrons. The van der Waals surface area contributed by atoms with Crippen LogP contribution >= 0.6 is 0 Å². The van der Waals surface area contributed by atoms with Crippen LogP contribution < -0.4 is 5.32 Å². The maximum absolute atomic E-state index is 4.58. The summed E-state index contributed by atoms with van der Waals surface area (Å²) in [7, 11) is 0. The molecule has 0 amide bonds. The van der Waals surface area contributed by atoms with E-state index in [1.54, 1.807) is 0 Å². The zero-order valence-electron chi connectivity index (χ0n) is 12.8. The van der Waals surface area contributed by atoms with Crippen molar-refractivity contribution in [3.8, 4) is 0 Å². The van der Waals surface area contributed by atoms with E-state index in [2.05, 4.69) is 41.8 Å². The number of anilines is 1. The van der Waals surface area contributed by atoms with E-state index in [0.29, 0.717) is 0 Å². The van der Waals surface area contributed by atoms with Crippen molar-refractivity contribution in [3.05, 3.63) is 11.9 Å². The molecule has 1 aromatic heterocycles. The lowest BCUT2D eigenvalue weighted by Crippen LogP contribution is -2.17. The molecule has 108 valence electrons. The maximum atomic E-state index is 4.58. The molecule has 1 heterocycles. The molecule has 0 aromatic carbocycles. The lowest BCUT2D eigenvalue weighted by molar-refractivity contribution is 0.281. The number of nitrogens with zero attached hydrogens (tertiary/aromatic N) is 2. The quantitative estimate of drug-likeness (QED) is 0.832. The summed E-state index contributed by atoms with van der Waals surface area (Å²) in [5, 5.41) is 3.53. The fourth-order valence-corrected chi connectivity index (χ4v) is 3.11. The van der Waals surface area contributed by atoms with E-state index >= 15 is 0 Å². The van der Waals surface area contributed by atoms with Crippen molar-refractivity contribution in [2.45, 2.75) is 65.8 Å². The minimum absolute atomic E-state index is 0.930. The Kier molecular flexibility index (Phi) is 5.29. The van der Waals surface area contributed by atoms with Gasteiger partial charge in [-0.05, 0) is 31.6 Å². The van der Waals surface area contributed by atoms with Crippen LogP contribution in [0.3, 0.4) is 0 Å². The third-order valence-corrected chi connectivity index (χ3v) is 4.33. The van der Waals surface area contributed by atoms with Gasteiger partial charge in [0, 0.05) is 19.3 Å². The Labute approximate surface area is 117 Å². The normalized spacial score (nSPS) is 23.5. The fourth-order valence-electron chi connectivity index (χ4n) is 3.11. The minimum Gasteiger partial charge on any atom is -0.356 e. The number of hydrogen-bond acceptors (Lipinski definition) is 2. The molecule has 1 aliphatic rings. The number of rotatable bonds is 6. The molecule has 19 heavy (non-hydrogen) atoms. The Morgan fingerprint density at radius 1 is 1.32 bits per heavy atom. The highest BCUT2D eigenvalue weighted by Crippen LogP contribution is 2.30. The highest BCUT2D eigenvalue weighted by atomic mass is 15.2. The predicted octanol–water partition coefficient (Wildman–Crippen LogP) is 4.23. The standard InChI is InChI=1S/C16H29N3/c1-4-11-19-12-14(3)18-16(19)17-10-9-15-7-5-13(2)6-8-15/h12-13,15H,4-11H2,1-3H3,(H,17,18). The largest absolute Gasteiger partial charge is 0.356 e. The van der Waals surface area contributed by atoms with Crippen LogP contribution in [-0.2, 0) is 6.54 Å². The first-order valence-corrected chi connectivity index (χ1v) is 7.96. The van der Waals surface area contributed by atoms with Gasteiger partial charge in [-0.15, -0.1) is 0 Å². The number of aromatic nitrogens is 2. The molecule has 0 atom stereocenters. The van der Waals surface area contributed by atoms with Crippen LogP contribution in [-0.4, -0.2) is 16.1 Å². The van der Waals surface area contributed by atoms with Gasteiger partial charge in [0.15, 0.2) is 0 Å². The van der Waals surface area contributed by atoms with Crippen molar-refractivity contribution in [3.63, 3.8) is 0 Å². The third-order valence-electron chi connectivity index (χ3n) is 4.33. The van der Waals surface area contributed by atoms with Crippen LogP contribution in [0.2, 0.25) is 0 Å². The Morgan fingerprint density at radius 3 is 2.74 bits per heavy atom. The molecule has 0 spiro atoms. The number of hydrogen-bond donors (Lipinski definition) is 1. The van der Waals surface area contributed by atoms with Crippen LogP contribution in [0.5, 0.6) is 0 Å². The molecule has 0 aliphatic heterocycles. The summed E-state index contributed by atoms with van der Waals surface area (Å²) in [6.45, 7) is 8.80. The molecular weight excluding hydrogens is 234 g/mol. The van der Waals surface area contributed by atoms with Crippen molar-refractivity contribution >= 4 is 5.95 Å². The summed E-state index contributed by atoms with van der Waals surface area (Å²) in [6, 6.07) is 0. The van der Waals surface area contributed by atoms with E-state index in [-0.39, 0.29) is 0 Å². The summed E-state index contributed by atoms with van der Waals surface area (Å²) < 4.78 is 2.25. The highest BCUT2D eigenvalue weighted by Gasteiger charge is 2.17. The summed E-state index contributed by atoms with van der Waals surface area (Å²) in [4.78, 5) is 4.58. The summed E-state index contributed by atoms with van der Waals surface area (Å²) >= 11 is 0. The van der Waals surface area contributed by atoms with Crippen molar-refractivity contribution < 1.29 is 0 Å². The van der Waals surface area contributed by atoms with Crippen molar-refractivity contribution in [1.82, 2.24) is 9.55 Å². The highest BCUT2D eigenvalue weighted by molar-refractivity contribution is 5.28. The van der Waals surface area contributed by atoms with E-state index in [1.165, 1.54) is 32.1 Å². The lowest BCUT2D eigenvalue weighted by Gasteiger charge is -2.26. The lowest BCUT2D eigenvalue weighted by atomic mass is 9.81. The van der Waals surface area contributed by atoms with Crippen molar-refractivity contribution in [2.75, 3.05) is 11.9 Å². The zero-order valence-corrected chi connectivity index (χ0v) is 12.8. The van der Waals surface area contributed by atoms with Gasteiger partial charge in [-0.2, -0.15) is 0 Å². The predicted molar refractivity (Wildman–Crippen MR) is 81.5 cm³/mol. The SMILES string of the molecule is CCCn1cc(C)nc1NCCC1CCC(C)CC1. The summed E-state index contributed by atoms with van der Waals surface area (Å²) in [5.41, 5.74) is 1.11. The van der Waals surface area contributed by atoms with Gasteiger partial charge in [-0.1, -0.05) is 39.5 Å². The molecule has 3 heteroatoms. The first kappa shape index (κ1) is 14.4. The van der Waals surface area contributed by atoms with Crippen molar-refractivity contribution in [1.29, 1.82) is 0 Å². The van der Waals surface area contributed by atoms with Crippen LogP contribution in [0.1, 0.15) is 58.1 Å². The van der Waals surface area contributed by atoms with Crippen LogP contribution in [0, 0.1) is 18.8 Å². The van der Waals surface area contributed by atoms with E-state index < -0.39 is 0 Å². The van der Waals surface area contributed by atoms with E-state index in [9.17, 15) is 0 Å². The second kappa shape index (κ2) is 6.97. The van der Waals surface area contributed by atoms with Crippen LogP contribution in [0.15, 0.2) is 6.20 Å².